The minimum atomic E-state index is -0.0932. The summed E-state index contributed by atoms with van der Waals surface area (Å²) in [6.07, 6.45) is 9.40. The second-order valence-corrected chi connectivity index (χ2v) is 5.19. The van der Waals surface area contributed by atoms with Crippen LogP contribution in [0.2, 0.25) is 0 Å². The molecule has 0 bridgehead atoms. The van der Waals surface area contributed by atoms with Gasteiger partial charge in [-0.2, -0.15) is 0 Å². The van der Waals surface area contributed by atoms with Gasteiger partial charge in [0.05, 0.1) is 17.4 Å². The van der Waals surface area contributed by atoms with E-state index in [1.807, 2.05) is 36.7 Å². The molecule has 23 heavy (non-hydrogen) atoms. The first kappa shape index (κ1) is 15.0. The molecule has 3 rings (SSSR count). The third-order valence-electron chi connectivity index (χ3n) is 3.51. The van der Waals surface area contributed by atoms with Gasteiger partial charge in [-0.3, -0.25) is 9.78 Å². The van der Waals surface area contributed by atoms with Gasteiger partial charge in [0.2, 0.25) is 5.91 Å². The monoisotopic (exact) mass is 306 g/mol. The predicted molar refractivity (Wildman–Crippen MR) is 90.6 cm³/mol. The number of fused-ring (bicyclic) bond motifs is 1. The summed E-state index contributed by atoms with van der Waals surface area (Å²) >= 11 is 0. The largest absolute Gasteiger partial charge is 0.352 e. The zero-order valence-corrected chi connectivity index (χ0v) is 12.7. The Balaban J connectivity index is 1.44. The lowest BCUT2D eigenvalue weighted by Crippen LogP contribution is -2.23. The Labute approximate surface area is 134 Å². The fraction of sp³-hybridized carbons (Fsp3) is 0.167. The zero-order chi connectivity index (χ0) is 15.9. The van der Waals surface area contributed by atoms with Crippen molar-refractivity contribution in [2.24, 2.45) is 0 Å². The van der Waals surface area contributed by atoms with Gasteiger partial charge in [-0.1, -0.05) is 18.2 Å². The SMILES string of the molecule is O=C(/C=C/c1cccnc1)NCCCn1cnc2ccccc21. The molecule has 0 fully saturated rings. The number of amides is 1. The van der Waals surface area contributed by atoms with Crippen molar-refractivity contribution in [1.82, 2.24) is 19.9 Å². The lowest BCUT2D eigenvalue weighted by molar-refractivity contribution is -0.116. The van der Waals surface area contributed by atoms with E-state index in [1.54, 1.807) is 18.5 Å². The van der Waals surface area contributed by atoms with E-state index in [1.165, 1.54) is 6.08 Å². The number of pyridine rings is 1. The van der Waals surface area contributed by atoms with Crippen LogP contribution in [0.25, 0.3) is 17.1 Å². The van der Waals surface area contributed by atoms with E-state index in [0.29, 0.717) is 6.54 Å². The lowest BCUT2D eigenvalue weighted by atomic mass is 10.2. The first-order valence-electron chi connectivity index (χ1n) is 7.59. The Morgan fingerprint density at radius 2 is 2.13 bits per heavy atom. The van der Waals surface area contributed by atoms with E-state index in [9.17, 15) is 4.79 Å². The highest BCUT2D eigenvalue weighted by Crippen LogP contribution is 2.11. The summed E-state index contributed by atoms with van der Waals surface area (Å²) in [5.74, 6) is -0.0932. The van der Waals surface area contributed by atoms with E-state index in [0.717, 1.165) is 29.6 Å². The maximum atomic E-state index is 11.8. The Hall–Kier alpha value is -2.95. The molecule has 116 valence electrons. The molecule has 0 atom stereocenters. The maximum Gasteiger partial charge on any atom is 0.244 e. The van der Waals surface area contributed by atoms with Crippen LogP contribution in [0, 0.1) is 0 Å². The molecular weight excluding hydrogens is 288 g/mol. The van der Waals surface area contributed by atoms with Crippen molar-refractivity contribution < 1.29 is 4.79 Å². The molecule has 0 aliphatic carbocycles. The number of para-hydroxylation sites is 2. The van der Waals surface area contributed by atoms with Gasteiger partial charge >= 0.3 is 0 Å². The molecule has 2 aromatic heterocycles. The first-order chi connectivity index (χ1) is 11.3. The molecule has 0 unspecified atom stereocenters. The van der Waals surface area contributed by atoms with E-state index >= 15 is 0 Å². The average Bonchev–Trinajstić information content (AvgIpc) is 3.01. The fourth-order valence-corrected chi connectivity index (χ4v) is 2.35. The number of aromatic nitrogens is 3. The van der Waals surface area contributed by atoms with E-state index in [4.69, 9.17) is 0 Å². The Morgan fingerprint density at radius 3 is 3.00 bits per heavy atom. The highest BCUT2D eigenvalue weighted by Gasteiger charge is 2.01. The second-order valence-electron chi connectivity index (χ2n) is 5.19. The van der Waals surface area contributed by atoms with Crippen LogP contribution in [0.3, 0.4) is 0 Å². The molecule has 5 nitrogen and oxygen atoms in total. The molecule has 2 heterocycles. The highest BCUT2D eigenvalue weighted by molar-refractivity contribution is 5.91. The van der Waals surface area contributed by atoms with Crippen molar-refractivity contribution in [3.63, 3.8) is 0 Å². The highest BCUT2D eigenvalue weighted by atomic mass is 16.1. The molecule has 0 radical (unpaired) electrons. The Morgan fingerprint density at radius 1 is 1.22 bits per heavy atom. The van der Waals surface area contributed by atoms with Gasteiger partial charge in [-0.15, -0.1) is 0 Å². The van der Waals surface area contributed by atoms with Crippen LogP contribution in [0.5, 0.6) is 0 Å². The summed E-state index contributed by atoms with van der Waals surface area (Å²) in [6, 6.07) is 11.8. The number of aryl methyl sites for hydroxylation is 1. The van der Waals surface area contributed by atoms with Crippen LogP contribution < -0.4 is 5.32 Å². The molecule has 0 saturated carbocycles. The van der Waals surface area contributed by atoms with Gasteiger partial charge in [-0.25, -0.2) is 4.98 Å². The summed E-state index contributed by atoms with van der Waals surface area (Å²) in [7, 11) is 0. The summed E-state index contributed by atoms with van der Waals surface area (Å²) in [6.45, 7) is 1.45. The standard InChI is InChI=1S/C18H18N4O/c23-18(9-8-15-5-3-10-19-13-15)20-11-4-12-22-14-21-16-6-1-2-7-17(16)22/h1-3,5-10,13-14H,4,11-12H2,(H,20,23)/b9-8+. The maximum absolute atomic E-state index is 11.8. The van der Waals surface area contributed by atoms with Crippen molar-refractivity contribution in [2.75, 3.05) is 6.54 Å². The van der Waals surface area contributed by atoms with Gasteiger partial charge in [0.15, 0.2) is 0 Å². The molecule has 0 spiro atoms. The lowest BCUT2D eigenvalue weighted by Gasteiger charge is -2.05. The smallest absolute Gasteiger partial charge is 0.244 e. The van der Waals surface area contributed by atoms with Crippen molar-refractivity contribution in [3.8, 4) is 0 Å². The quantitative estimate of drug-likeness (QED) is 0.562. The Kier molecular flexibility index (Phi) is 4.79. The van der Waals surface area contributed by atoms with Crippen LogP contribution in [0.1, 0.15) is 12.0 Å². The molecule has 5 heteroatoms. The number of nitrogens with one attached hydrogen (secondary N) is 1. The summed E-state index contributed by atoms with van der Waals surface area (Å²) in [4.78, 5) is 20.1. The number of carbonyl (C=O) groups is 1. The molecule has 1 N–H and O–H groups in total. The topological polar surface area (TPSA) is 59.8 Å². The van der Waals surface area contributed by atoms with Gasteiger partial charge in [0.1, 0.15) is 0 Å². The summed E-state index contributed by atoms with van der Waals surface area (Å²) < 4.78 is 2.10. The number of nitrogens with zero attached hydrogens (tertiary/aromatic N) is 3. The zero-order valence-electron chi connectivity index (χ0n) is 12.7. The molecule has 1 amide bonds. The first-order valence-corrected chi connectivity index (χ1v) is 7.59. The number of imidazole rings is 1. The van der Waals surface area contributed by atoms with E-state index in [2.05, 4.69) is 25.9 Å². The summed E-state index contributed by atoms with van der Waals surface area (Å²) in [5, 5.41) is 2.88. The van der Waals surface area contributed by atoms with Crippen LogP contribution in [0.15, 0.2) is 61.2 Å². The third kappa shape index (κ3) is 4.03. The molecule has 0 aliphatic rings. The number of hydrogen-bond acceptors (Lipinski definition) is 3. The van der Waals surface area contributed by atoms with E-state index in [-0.39, 0.29) is 5.91 Å². The van der Waals surface area contributed by atoms with Gasteiger partial charge in [0.25, 0.3) is 0 Å². The normalized spacial score (nSPS) is 11.1. The van der Waals surface area contributed by atoms with Crippen molar-refractivity contribution in [1.29, 1.82) is 0 Å². The molecule has 3 aromatic rings. The molecular formula is C18H18N4O. The minimum Gasteiger partial charge on any atom is -0.352 e. The number of rotatable bonds is 6. The predicted octanol–water partition coefficient (Wildman–Crippen LogP) is 2.65. The molecule has 1 aromatic carbocycles. The molecule has 0 saturated heterocycles. The van der Waals surface area contributed by atoms with Crippen LogP contribution in [-0.2, 0) is 11.3 Å². The number of carbonyl (C=O) groups excluding carboxylic acids is 1. The van der Waals surface area contributed by atoms with Gasteiger partial charge in [-0.05, 0) is 36.3 Å². The average molecular weight is 306 g/mol. The van der Waals surface area contributed by atoms with Crippen molar-refractivity contribution in [3.05, 3.63) is 66.8 Å². The Bertz CT molecular complexity index is 808. The second kappa shape index (κ2) is 7.35. The van der Waals surface area contributed by atoms with Crippen molar-refractivity contribution in [2.45, 2.75) is 13.0 Å². The van der Waals surface area contributed by atoms with Crippen LogP contribution >= 0.6 is 0 Å². The minimum absolute atomic E-state index is 0.0932. The fourth-order valence-electron chi connectivity index (χ4n) is 2.35. The van der Waals surface area contributed by atoms with E-state index < -0.39 is 0 Å². The third-order valence-corrected chi connectivity index (χ3v) is 3.51. The van der Waals surface area contributed by atoms with Crippen molar-refractivity contribution >= 4 is 23.0 Å². The summed E-state index contributed by atoms with van der Waals surface area (Å²) in [5.41, 5.74) is 3.03. The van der Waals surface area contributed by atoms with Crippen LogP contribution in [-0.4, -0.2) is 27.0 Å². The number of hydrogen-bond donors (Lipinski definition) is 1. The molecule has 0 aliphatic heterocycles. The van der Waals surface area contributed by atoms with Crippen LogP contribution in [0.4, 0.5) is 0 Å². The van der Waals surface area contributed by atoms with Gasteiger partial charge < -0.3 is 9.88 Å². The van der Waals surface area contributed by atoms with Gasteiger partial charge in [0, 0.05) is 31.6 Å². The number of benzene rings is 1.